The minimum absolute atomic E-state index is 0.210. The van der Waals surface area contributed by atoms with Crippen molar-refractivity contribution < 1.29 is 4.74 Å². The van der Waals surface area contributed by atoms with Gasteiger partial charge in [0.15, 0.2) is 0 Å². The maximum absolute atomic E-state index is 5.15. The summed E-state index contributed by atoms with van der Waals surface area (Å²) in [5.74, 6) is 0.880. The van der Waals surface area contributed by atoms with E-state index in [0.29, 0.717) is 0 Å². The van der Waals surface area contributed by atoms with Crippen molar-refractivity contribution in [1.82, 2.24) is 0 Å². The Hall–Kier alpha value is -1.96. The van der Waals surface area contributed by atoms with Gasteiger partial charge >= 0.3 is 0 Å². The van der Waals surface area contributed by atoms with Crippen LogP contribution in [0.15, 0.2) is 48.5 Å². The van der Waals surface area contributed by atoms with Gasteiger partial charge in [0.05, 0.1) is 7.11 Å². The average molecular weight is 269 g/mol. The van der Waals surface area contributed by atoms with Crippen LogP contribution < -0.4 is 10.1 Å². The lowest BCUT2D eigenvalue weighted by Crippen LogP contribution is -2.11. The maximum Gasteiger partial charge on any atom is 0.119 e. The highest BCUT2D eigenvalue weighted by molar-refractivity contribution is 5.46. The number of methoxy groups -OCH3 is 1. The summed E-state index contributed by atoms with van der Waals surface area (Å²) in [5, 5.41) is 3.41. The Morgan fingerprint density at radius 3 is 2.00 bits per heavy atom. The summed E-state index contributed by atoms with van der Waals surface area (Å²) >= 11 is 0. The molecule has 0 fully saturated rings. The molecule has 0 saturated heterocycles. The number of rotatable bonds is 4. The van der Waals surface area contributed by atoms with Crippen LogP contribution in [-0.4, -0.2) is 7.11 Å². The van der Waals surface area contributed by atoms with Gasteiger partial charge in [0, 0.05) is 12.2 Å². The van der Waals surface area contributed by atoms with Crippen molar-refractivity contribution in [2.45, 2.75) is 32.7 Å². The first-order valence-corrected chi connectivity index (χ1v) is 6.96. The maximum atomic E-state index is 5.15. The van der Waals surface area contributed by atoms with E-state index >= 15 is 0 Å². The van der Waals surface area contributed by atoms with E-state index in [4.69, 9.17) is 4.74 Å². The van der Waals surface area contributed by atoms with E-state index in [2.05, 4.69) is 50.4 Å². The van der Waals surface area contributed by atoms with Crippen molar-refractivity contribution in [2.24, 2.45) is 0 Å². The molecule has 0 unspecified atom stereocenters. The molecule has 20 heavy (non-hydrogen) atoms. The van der Waals surface area contributed by atoms with E-state index in [0.717, 1.165) is 18.0 Å². The number of hydrogen-bond acceptors (Lipinski definition) is 2. The second-order valence-electron chi connectivity index (χ2n) is 6.03. The molecule has 2 rings (SSSR count). The van der Waals surface area contributed by atoms with Crippen molar-refractivity contribution in [1.29, 1.82) is 0 Å². The van der Waals surface area contributed by atoms with Gasteiger partial charge in [-0.2, -0.15) is 0 Å². The molecule has 2 heteroatoms. The van der Waals surface area contributed by atoms with Crippen LogP contribution in [0.5, 0.6) is 5.75 Å². The molecule has 2 aromatic carbocycles. The van der Waals surface area contributed by atoms with Crippen molar-refractivity contribution in [3.05, 3.63) is 59.7 Å². The molecule has 2 nitrogen and oxygen atoms in total. The number of benzene rings is 2. The quantitative estimate of drug-likeness (QED) is 0.875. The van der Waals surface area contributed by atoms with Gasteiger partial charge < -0.3 is 10.1 Å². The van der Waals surface area contributed by atoms with Crippen molar-refractivity contribution in [2.75, 3.05) is 12.4 Å². The molecule has 0 aliphatic carbocycles. The van der Waals surface area contributed by atoms with E-state index in [-0.39, 0.29) is 5.41 Å². The summed E-state index contributed by atoms with van der Waals surface area (Å²) in [5.41, 5.74) is 3.97. The molecular weight excluding hydrogens is 246 g/mol. The van der Waals surface area contributed by atoms with Crippen LogP contribution in [0.2, 0.25) is 0 Å². The van der Waals surface area contributed by atoms with Gasteiger partial charge in [-0.25, -0.2) is 0 Å². The van der Waals surface area contributed by atoms with Crippen LogP contribution in [0.1, 0.15) is 31.9 Å². The van der Waals surface area contributed by atoms with E-state index in [1.807, 2.05) is 24.3 Å². The van der Waals surface area contributed by atoms with Crippen LogP contribution in [0, 0.1) is 0 Å². The van der Waals surface area contributed by atoms with Crippen LogP contribution in [0.4, 0.5) is 5.69 Å². The van der Waals surface area contributed by atoms with Crippen LogP contribution in [0.25, 0.3) is 0 Å². The Balaban J connectivity index is 1.96. The van der Waals surface area contributed by atoms with Crippen molar-refractivity contribution in [3.63, 3.8) is 0 Å². The van der Waals surface area contributed by atoms with Crippen LogP contribution >= 0.6 is 0 Å². The molecule has 0 radical (unpaired) electrons. The van der Waals surface area contributed by atoms with Gasteiger partial charge in [-0.3, -0.25) is 0 Å². The van der Waals surface area contributed by atoms with Gasteiger partial charge in [0.1, 0.15) is 5.75 Å². The molecule has 0 saturated carbocycles. The minimum Gasteiger partial charge on any atom is -0.497 e. The smallest absolute Gasteiger partial charge is 0.119 e. The van der Waals surface area contributed by atoms with Gasteiger partial charge in [-0.1, -0.05) is 45.0 Å². The molecule has 0 aliphatic rings. The monoisotopic (exact) mass is 269 g/mol. The number of nitrogens with one attached hydrogen (secondary N) is 1. The van der Waals surface area contributed by atoms with E-state index in [9.17, 15) is 0 Å². The molecule has 2 aromatic rings. The van der Waals surface area contributed by atoms with E-state index in [1.165, 1.54) is 11.1 Å². The third kappa shape index (κ3) is 3.77. The lowest BCUT2D eigenvalue weighted by molar-refractivity contribution is 0.415. The lowest BCUT2D eigenvalue weighted by atomic mass is 9.87. The molecule has 0 heterocycles. The fraction of sp³-hybridized carbons (Fsp3) is 0.333. The molecule has 106 valence electrons. The zero-order valence-electron chi connectivity index (χ0n) is 12.7. The summed E-state index contributed by atoms with van der Waals surface area (Å²) in [4.78, 5) is 0. The number of hydrogen-bond donors (Lipinski definition) is 1. The summed E-state index contributed by atoms with van der Waals surface area (Å²) < 4.78 is 5.15. The molecule has 0 bridgehead atoms. The van der Waals surface area contributed by atoms with Crippen LogP contribution in [-0.2, 0) is 12.0 Å². The van der Waals surface area contributed by atoms with Gasteiger partial charge in [0.25, 0.3) is 0 Å². The molecule has 0 atom stereocenters. The number of anilines is 1. The number of ether oxygens (including phenoxy) is 1. The molecule has 1 N–H and O–H groups in total. The third-order valence-electron chi connectivity index (χ3n) is 3.41. The van der Waals surface area contributed by atoms with Gasteiger partial charge in [-0.15, -0.1) is 0 Å². The van der Waals surface area contributed by atoms with Crippen LogP contribution in [0.3, 0.4) is 0 Å². The first-order chi connectivity index (χ1) is 9.49. The predicted octanol–water partition coefficient (Wildman–Crippen LogP) is 4.60. The highest BCUT2D eigenvalue weighted by atomic mass is 16.5. The summed E-state index contributed by atoms with van der Waals surface area (Å²) in [6.45, 7) is 7.53. The normalized spacial score (nSPS) is 11.2. The average Bonchev–Trinajstić information content (AvgIpc) is 2.45. The molecule has 0 aliphatic heterocycles. The van der Waals surface area contributed by atoms with Gasteiger partial charge in [-0.05, 0) is 40.8 Å². The Labute approximate surface area is 121 Å². The van der Waals surface area contributed by atoms with Crippen molar-refractivity contribution in [3.8, 4) is 5.75 Å². The Kier molecular flexibility index (Phi) is 4.33. The summed E-state index contributed by atoms with van der Waals surface area (Å²) in [6.07, 6.45) is 0. The zero-order valence-corrected chi connectivity index (χ0v) is 12.7. The van der Waals surface area contributed by atoms with Crippen molar-refractivity contribution >= 4 is 5.69 Å². The molecule has 0 spiro atoms. The lowest BCUT2D eigenvalue weighted by Gasteiger charge is -2.19. The largest absolute Gasteiger partial charge is 0.497 e. The summed E-state index contributed by atoms with van der Waals surface area (Å²) in [6, 6.07) is 16.8. The second-order valence-corrected chi connectivity index (χ2v) is 6.03. The second kappa shape index (κ2) is 6.00. The summed E-state index contributed by atoms with van der Waals surface area (Å²) in [7, 11) is 1.68. The molecule has 0 aromatic heterocycles. The third-order valence-corrected chi connectivity index (χ3v) is 3.41. The topological polar surface area (TPSA) is 21.3 Å². The minimum atomic E-state index is 0.210. The highest BCUT2D eigenvalue weighted by Gasteiger charge is 2.12. The van der Waals surface area contributed by atoms with E-state index in [1.54, 1.807) is 7.11 Å². The highest BCUT2D eigenvalue weighted by Crippen LogP contribution is 2.22. The Morgan fingerprint density at radius 2 is 1.50 bits per heavy atom. The fourth-order valence-corrected chi connectivity index (χ4v) is 2.04. The predicted molar refractivity (Wildman–Crippen MR) is 85.5 cm³/mol. The zero-order chi connectivity index (χ0) is 14.6. The first-order valence-electron chi connectivity index (χ1n) is 6.96. The fourth-order valence-electron chi connectivity index (χ4n) is 2.04. The van der Waals surface area contributed by atoms with E-state index < -0.39 is 0 Å². The Bertz CT molecular complexity index is 535. The van der Waals surface area contributed by atoms with Gasteiger partial charge in [0.2, 0.25) is 0 Å². The first kappa shape index (κ1) is 14.4. The SMILES string of the molecule is COc1ccc(NCc2ccc(C(C)(C)C)cc2)cc1. The molecule has 0 amide bonds. The Morgan fingerprint density at radius 1 is 0.900 bits per heavy atom. The molecular formula is C18H23NO. The standard InChI is InChI=1S/C18H23NO/c1-18(2,3)15-7-5-14(6-8-15)13-19-16-9-11-17(20-4)12-10-16/h5-12,19H,13H2,1-4H3.